The van der Waals surface area contributed by atoms with Gasteiger partial charge in [0, 0.05) is 18.8 Å². The van der Waals surface area contributed by atoms with Crippen LogP contribution in [0.5, 0.6) is 0 Å². The smallest absolute Gasteiger partial charge is 0.0238 e. The lowest BCUT2D eigenvalue weighted by molar-refractivity contribution is 0.717. The molecule has 0 spiro atoms. The van der Waals surface area contributed by atoms with Crippen LogP contribution in [-0.2, 0) is 0 Å². The van der Waals surface area contributed by atoms with E-state index in [-0.39, 0.29) is 0 Å². The van der Waals surface area contributed by atoms with Crippen molar-refractivity contribution in [2.24, 2.45) is 0 Å². The first-order chi connectivity index (χ1) is 4.20. The Kier molecular flexibility index (Phi) is 4.14. The maximum atomic E-state index is 3.11. The van der Waals surface area contributed by atoms with Crippen molar-refractivity contribution in [3.8, 4) is 0 Å². The van der Waals surface area contributed by atoms with Gasteiger partial charge in [0.2, 0.25) is 0 Å². The van der Waals surface area contributed by atoms with Crippen LogP contribution in [0, 0.1) is 0 Å². The van der Waals surface area contributed by atoms with Crippen molar-refractivity contribution in [3.63, 3.8) is 0 Å². The number of rotatable bonds is 3. The van der Waals surface area contributed by atoms with Gasteiger partial charge in [0.15, 0.2) is 0 Å². The van der Waals surface area contributed by atoms with E-state index in [0.29, 0.717) is 6.04 Å². The summed E-state index contributed by atoms with van der Waals surface area (Å²) in [6, 6.07) is 0.456. The van der Waals surface area contributed by atoms with Crippen molar-refractivity contribution in [3.05, 3.63) is 11.8 Å². The van der Waals surface area contributed by atoms with Gasteiger partial charge < -0.3 is 10.6 Å². The van der Waals surface area contributed by atoms with Gasteiger partial charge in [0.25, 0.3) is 0 Å². The monoisotopic (exact) mass is 128 g/mol. The van der Waals surface area contributed by atoms with Crippen LogP contribution in [0.15, 0.2) is 11.8 Å². The van der Waals surface area contributed by atoms with Crippen molar-refractivity contribution >= 4 is 0 Å². The van der Waals surface area contributed by atoms with Gasteiger partial charge in [0.05, 0.1) is 0 Å². The minimum absolute atomic E-state index is 0.456. The third-order valence-corrected chi connectivity index (χ3v) is 1.35. The Hall–Kier alpha value is -0.500. The Bertz CT molecular complexity index is 97.1. The number of nitrogens with one attached hydrogen (secondary N) is 2. The van der Waals surface area contributed by atoms with Gasteiger partial charge >= 0.3 is 0 Å². The molecule has 2 heteroatoms. The molecule has 0 aromatic rings. The number of hydrogen-bond donors (Lipinski definition) is 2. The van der Waals surface area contributed by atoms with Crippen LogP contribution in [0.3, 0.4) is 0 Å². The molecule has 0 fully saturated rings. The zero-order valence-electron chi connectivity index (χ0n) is 6.65. The molecule has 2 N–H and O–H groups in total. The molecule has 0 amide bonds. The van der Waals surface area contributed by atoms with E-state index < -0.39 is 0 Å². The van der Waals surface area contributed by atoms with Gasteiger partial charge in [0.1, 0.15) is 0 Å². The van der Waals surface area contributed by atoms with Gasteiger partial charge in [-0.25, -0.2) is 0 Å². The molecule has 2 nitrogen and oxygen atoms in total. The summed E-state index contributed by atoms with van der Waals surface area (Å²) in [7, 11) is 3.87. The molecular weight excluding hydrogens is 112 g/mol. The minimum Gasteiger partial charge on any atom is -0.392 e. The van der Waals surface area contributed by atoms with Crippen molar-refractivity contribution < 1.29 is 0 Å². The van der Waals surface area contributed by atoms with Gasteiger partial charge in [-0.15, -0.1) is 0 Å². The van der Waals surface area contributed by atoms with Crippen LogP contribution in [0.25, 0.3) is 0 Å². The first-order valence-electron chi connectivity index (χ1n) is 3.24. The summed E-state index contributed by atoms with van der Waals surface area (Å²) in [4.78, 5) is 0. The van der Waals surface area contributed by atoms with Crippen molar-refractivity contribution in [2.75, 3.05) is 14.1 Å². The molecule has 0 aliphatic rings. The molecule has 0 bridgehead atoms. The Morgan fingerprint density at radius 2 is 2.00 bits per heavy atom. The molecule has 0 saturated carbocycles. The molecule has 0 aliphatic heterocycles. The van der Waals surface area contributed by atoms with Crippen LogP contribution < -0.4 is 10.6 Å². The predicted molar refractivity (Wildman–Crippen MR) is 41.3 cm³/mol. The quantitative estimate of drug-likeness (QED) is 0.585. The fourth-order valence-electron chi connectivity index (χ4n) is 0.542. The Morgan fingerprint density at radius 1 is 1.44 bits per heavy atom. The summed E-state index contributed by atoms with van der Waals surface area (Å²) in [5, 5.41) is 6.16. The summed E-state index contributed by atoms with van der Waals surface area (Å²) in [5.41, 5.74) is 1.21. The van der Waals surface area contributed by atoms with Crippen LogP contribution in [0.2, 0.25) is 0 Å². The highest BCUT2D eigenvalue weighted by Crippen LogP contribution is 1.88. The molecule has 9 heavy (non-hydrogen) atoms. The lowest BCUT2D eigenvalue weighted by Crippen LogP contribution is -2.20. The molecule has 1 atom stereocenters. The summed E-state index contributed by atoms with van der Waals surface area (Å²) >= 11 is 0. The van der Waals surface area contributed by atoms with Crippen LogP contribution in [0.4, 0.5) is 0 Å². The van der Waals surface area contributed by atoms with Crippen LogP contribution in [-0.4, -0.2) is 20.1 Å². The summed E-state index contributed by atoms with van der Waals surface area (Å²) in [6.45, 7) is 4.16. The molecule has 0 heterocycles. The SMILES string of the molecule is CN/C(C)=C\C(C)NC. The van der Waals surface area contributed by atoms with E-state index in [1.807, 2.05) is 21.0 Å². The highest BCUT2D eigenvalue weighted by atomic mass is 14.9. The highest BCUT2D eigenvalue weighted by Gasteiger charge is 1.90. The van der Waals surface area contributed by atoms with Crippen LogP contribution in [0.1, 0.15) is 13.8 Å². The molecule has 1 unspecified atom stereocenters. The lowest BCUT2D eigenvalue weighted by Gasteiger charge is -2.05. The normalized spacial score (nSPS) is 15.3. The first kappa shape index (κ1) is 8.50. The molecule has 0 radical (unpaired) electrons. The zero-order chi connectivity index (χ0) is 7.28. The summed E-state index contributed by atoms with van der Waals surface area (Å²) < 4.78 is 0. The highest BCUT2D eigenvalue weighted by molar-refractivity contribution is 4.99. The fraction of sp³-hybridized carbons (Fsp3) is 0.714. The summed E-state index contributed by atoms with van der Waals surface area (Å²) in [5.74, 6) is 0. The molecule has 0 rings (SSSR count). The molecule has 0 aromatic carbocycles. The van der Waals surface area contributed by atoms with Crippen molar-refractivity contribution in [1.29, 1.82) is 0 Å². The minimum atomic E-state index is 0.456. The third kappa shape index (κ3) is 4.03. The average molecular weight is 128 g/mol. The average Bonchev–Trinajstić information content (AvgIpc) is 1.87. The first-order valence-corrected chi connectivity index (χ1v) is 3.24. The second-order valence-electron chi connectivity index (χ2n) is 2.18. The van der Waals surface area contributed by atoms with Gasteiger partial charge in [-0.1, -0.05) is 0 Å². The van der Waals surface area contributed by atoms with E-state index >= 15 is 0 Å². The second kappa shape index (κ2) is 4.39. The lowest BCUT2D eigenvalue weighted by atomic mass is 10.3. The van der Waals surface area contributed by atoms with Crippen molar-refractivity contribution in [2.45, 2.75) is 19.9 Å². The number of allylic oxidation sites excluding steroid dienone is 1. The topological polar surface area (TPSA) is 24.1 Å². The molecule has 0 aliphatic carbocycles. The summed E-state index contributed by atoms with van der Waals surface area (Å²) in [6.07, 6.45) is 2.14. The maximum Gasteiger partial charge on any atom is 0.0238 e. The standard InChI is InChI=1S/C7H16N2/c1-6(8-3)5-7(2)9-4/h5-6,8-9H,1-4H3/b7-5-. The Balaban J connectivity index is 3.64. The molecule has 0 saturated heterocycles. The van der Waals surface area contributed by atoms with Gasteiger partial charge in [-0.3, -0.25) is 0 Å². The van der Waals surface area contributed by atoms with E-state index in [1.165, 1.54) is 5.70 Å². The van der Waals surface area contributed by atoms with E-state index in [4.69, 9.17) is 0 Å². The molecular formula is C7H16N2. The zero-order valence-corrected chi connectivity index (χ0v) is 6.65. The second-order valence-corrected chi connectivity index (χ2v) is 2.18. The van der Waals surface area contributed by atoms with Crippen molar-refractivity contribution in [1.82, 2.24) is 10.6 Å². The molecule has 0 aromatic heterocycles. The Labute approximate surface area is 57.3 Å². The third-order valence-electron chi connectivity index (χ3n) is 1.35. The van der Waals surface area contributed by atoms with E-state index in [1.54, 1.807) is 0 Å². The largest absolute Gasteiger partial charge is 0.392 e. The maximum absolute atomic E-state index is 3.11. The number of likely N-dealkylation sites (N-methyl/N-ethyl adjacent to an activating group) is 1. The van der Waals surface area contributed by atoms with E-state index in [9.17, 15) is 0 Å². The van der Waals surface area contributed by atoms with Crippen LogP contribution >= 0.6 is 0 Å². The van der Waals surface area contributed by atoms with Gasteiger partial charge in [-0.05, 0) is 27.0 Å². The Morgan fingerprint density at radius 3 is 2.33 bits per heavy atom. The predicted octanol–water partition coefficient (Wildman–Crippen LogP) is 0.717. The van der Waals surface area contributed by atoms with E-state index in [0.717, 1.165) is 0 Å². The van der Waals surface area contributed by atoms with E-state index in [2.05, 4.69) is 23.6 Å². The number of hydrogen-bond acceptors (Lipinski definition) is 2. The fourth-order valence-corrected chi connectivity index (χ4v) is 0.542. The molecule has 54 valence electrons. The van der Waals surface area contributed by atoms with Gasteiger partial charge in [-0.2, -0.15) is 0 Å².